The van der Waals surface area contributed by atoms with E-state index in [1.165, 1.54) is 21.8 Å². The number of carbonyl (C=O) groups is 2. The first-order valence-corrected chi connectivity index (χ1v) is 8.99. The van der Waals surface area contributed by atoms with Crippen LogP contribution in [0.4, 0.5) is 0 Å². The number of hydrogen-bond acceptors (Lipinski definition) is 6. The fraction of sp³-hybridized carbons (Fsp3) is 0.263. The first-order chi connectivity index (χ1) is 12.4. The van der Waals surface area contributed by atoms with E-state index in [9.17, 15) is 14.4 Å². The molecular formula is C19H18N2O4S. The van der Waals surface area contributed by atoms with E-state index in [0.717, 1.165) is 10.4 Å². The van der Waals surface area contributed by atoms with Gasteiger partial charge in [0.2, 0.25) is 0 Å². The quantitative estimate of drug-likeness (QED) is 0.492. The van der Waals surface area contributed by atoms with Gasteiger partial charge in [-0.15, -0.1) is 11.3 Å². The van der Waals surface area contributed by atoms with E-state index in [4.69, 9.17) is 4.74 Å². The minimum atomic E-state index is -0.488. The van der Waals surface area contributed by atoms with Gasteiger partial charge in [0, 0.05) is 23.6 Å². The Kier molecular flexibility index (Phi) is 5.27. The number of thiophene rings is 1. The summed E-state index contributed by atoms with van der Waals surface area (Å²) in [6.45, 7) is 3.69. The van der Waals surface area contributed by atoms with Crippen molar-refractivity contribution in [1.29, 1.82) is 0 Å². The third-order valence-corrected chi connectivity index (χ3v) is 4.93. The molecule has 3 heterocycles. The van der Waals surface area contributed by atoms with Crippen molar-refractivity contribution in [1.82, 2.24) is 9.38 Å². The van der Waals surface area contributed by atoms with Crippen LogP contribution in [0.25, 0.3) is 5.65 Å². The third kappa shape index (κ3) is 4.05. The van der Waals surface area contributed by atoms with Crippen LogP contribution in [0.5, 0.6) is 0 Å². The highest BCUT2D eigenvalue weighted by Crippen LogP contribution is 2.17. The number of ether oxygens (including phenoxy) is 1. The van der Waals surface area contributed by atoms with Gasteiger partial charge in [-0.3, -0.25) is 18.8 Å². The van der Waals surface area contributed by atoms with Crippen molar-refractivity contribution in [2.45, 2.75) is 33.3 Å². The van der Waals surface area contributed by atoms with Crippen molar-refractivity contribution in [2.75, 3.05) is 0 Å². The minimum absolute atomic E-state index is 0.00136. The summed E-state index contributed by atoms with van der Waals surface area (Å²) >= 11 is 1.41. The molecule has 6 nitrogen and oxygen atoms in total. The summed E-state index contributed by atoms with van der Waals surface area (Å²) in [6, 6.07) is 8.62. The summed E-state index contributed by atoms with van der Waals surface area (Å²) in [5.41, 5.74) is 1.55. The number of aryl methyl sites for hydroxylation is 2. The number of aromatic nitrogens is 2. The van der Waals surface area contributed by atoms with Crippen LogP contribution in [-0.4, -0.2) is 21.1 Å². The molecule has 3 aromatic rings. The standard InChI is InChI=1S/C19H18N2O4S/c1-12-4-3-9-21-17(23)10-14(20-19(12)21)11-25-18(24)8-6-15(22)16-7-5-13(2)26-16/h3-5,7,9-10H,6,8,11H2,1-2H3. The zero-order valence-corrected chi connectivity index (χ0v) is 15.3. The summed E-state index contributed by atoms with van der Waals surface area (Å²) in [6.07, 6.45) is 1.75. The SMILES string of the molecule is Cc1ccc(C(=O)CCC(=O)OCc2cc(=O)n3cccc(C)c3n2)s1. The lowest BCUT2D eigenvalue weighted by Gasteiger charge is -2.07. The summed E-state index contributed by atoms with van der Waals surface area (Å²) in [5, 5.41) is 0. The Balaban J connectivity index is 1.59. The molecule has 0 saturated heterocycles. The molecule has 0 fully saturated rings. The lowest BCUT2D eigenvalue weighted by molar-refractivity contribution is -0.145. The molecular weight excluding hydrogens is 352 g/mol. The molecule has 0 aliphatic carbocycles. The molecule has 0 amide bonds. The van der Waals surface area contributed by atoms with Crippen LogP contribution in [0.15, 0.2) is 41.3 Å². The lowest BCUT2D eigenvalue weighted by atomic mass is 10.2. The number of fused-ring (bicyclic) bond motifs is 1. The number of Topliss-reactive ketones (excluding diaryl/α,β-unsaturated/α-hetero) is 1. The number of ketones is 1. The molecule has 0 unspecified atom stereocenters. The van der Waals surface area contributed by atoms with Crippen LogP contribution in [-0.2, 0) is 16.1 Å². The van der Waals surface area contributed by atoms with E-state index in [1.54, 1.807) is 18.3 Å². The smallest absolute Gasteiger partial charge is 0.306 e. The van der Waals surface area contributed by atoms with E-state index < -0.39 is 5.97 Å². The highest BCUT2D eigenvalue weighted by atomic mass is 32.1. The van der Waals surface area contributed by atoms with Crippen LogP contribution in [0.1, 0.15) is 38.6 Å². The maximum absolute atomic E-state index is 12.1. The molecule has 0 aliphatic rings. The number of nitrogens with zero attached hydrogens (tertiary/aromatic N) is 2. The van der Waals surface area contributed by atoms with Gasteiger partial charge in [-0.05, 0) is 37.6 Å². The molecule has 7 heteroatoms. The van der Waals surface area contributed by atoms with Crippen LogP contribution in [0.3, 0.4) is 0 Å². The van der Waals surface area contributed by atoms with Crippen molar-refractivity contribution in [3.63, 3.8) is 0 Å². The molecule has 3 aromatic heterocycles. The predicted molar refractivity (Wildman–Crippen MR) is 98.6 cm³/mol. The van der Waals surface area contributed by atoms with E-state index in [-0.39, 0.29) is 30.8 Å². The van der Waals surface area contributed by atoms with Gasteiger partial charge in [0.15, 0.2) is 5.78 Å². The molecule has 0 atom stereocenters. The summed E-state index contributed by atoms with van der Waals surface area (Å²) in [5.74, 6) is -0.559. The largest absolute Gasteiger partial charge is 0.459 e. The van der Waals surface area contributed by atoms with E-state index in [1.807, 2.05) is 26.0 Å². The van der Waals surface area contributed by atoms with Gasteiger partial charge in [0.05, 0.1) is 17.0 Å². The Bertz CT molecular complexity index is 1040. The molecule has 0 spiro atoms. The van der Waals surface area contributed by atoms with Gasteiger partial charge in [0.1, 0.15) is 12.3 Å². The third-order valence-electron chi connectivity index (χ3n) is 3.89. The average Bonchev–Trinajstić information content (AvgIpc) is 3.05. The molecule has 0 aromatic carbocycles. The van der Waals surface area contributed by atoms with Gasteiger partial charge in [-0.25, -0.2) is 4.98 Å². The molecule has 0 aliphatic heterocycles. The Morgan fingerprint density at radius 3 is 2.73 bits per heavy atom. The van der Waals surface area contributed by atoms with Gasteiger partial charge in [-0.1, -0.05) is 6.07 Å². The number of carbonyl (C=O) groups excluding carboxylic acids is 2. The van der Waals surface area contributed by atoms with Crippen molar-refractivity contribution >= 4 is 28.7 Å². The number of hydrogen-bond donors (Lipinski definition) is 0. The molecule has 0 radical (unpaired) electrons. The fourth-order valence-electron chi connectivity index (χ4n) is 2.53. The van der Waals surface area contributed by atoms with Crippen molar-refractivity contribution < 1.29 is 14.3 Å². The second-order valence-electron chi connectivity index (χ2n) is 5.96. The second kappa shape index (κ2) is 7.61. The van der Waals surface area contributed by atoms with Gasteiger partial charge >= 0.3 is 5.97 Å². The molecule has 0 N–H and O–H groups in total. The van der Waals surface area contributed by atoms with E-state index >= 15 is 0 Å². The van der Waals surface area contributed by atoms with Crippen molar-refractivity contribution in [3.05, 3.63) is 67.9 Å². The zero-order chi connectivity index (χ0) is 18.7. The fourth-order valence-corrected chi connectivity index (χ4v) is 3.37. The highest BCUT2D eigenvalue weighted by Gasteiger charge is 2.13. The topological polar surface area (TPSA) is 77.7 Å². The summed E-state index contributed by atoms with van der Waals surface area (Å²) < 4.78 is 6.61. The minimum Gasteiger partial charge on any atom is -0.459 e. The Morgan fingerprint density at radius 1 is 1.19 bits per heavy atom. The van der Waals surface area contributed by atoms with Crippen LogP contribution in [0, 0.1) is 13.8 Å². The lowest BCUT2D eigenvalue weighted by Crippen LogP contribution is -2.17. The summed E-state index contributed by atoms with van der Waals surface area (Å²) in [4.78, 5) is 42.1. The Morgan fingerprint density at radius 2 is 2.00 bits per heavy atom. The van der Waals surface area contributed by atoms with Gasteiger partial charge < -0.3 is 4.74 Å². The average molecular weight is 370 g/mol. The molecule has 0 bridgehead atoms. The number of esters is 1. The van der Waals surface area contributed by atoms with Crippen molar-refractivity contribution in [2.24, 2.45) is 0 Å². The molecule has 134 valence electrons. The normalized spacial score (nSPS) is 10.8. The predicted octanol–water partition coefficient (Wildman–Crippen LogP) is 3.08. The van der Waals surface area contributed by atoms with E-state index in [0.29, 0.717) is 16.2 Å². The maximum atomic E-state index is 12.1. The first kappa shape index (κ1) is 18.0. The van der Waals surface area contributed by atoms with Crippen LogP contribution in [0.2, 0.25) is 0 Å². The number of pyridine rings is 1. The second-order valence-corrected chi connectivity index (χ2v) is 7.25. The van der Waals surface area contributed by atoms with Crippen LogP contribution >= 0.6 is 11.3 Å². The molecule has 0 saturated carbocycles. The van der Waals surface area contributed by atoms with E-state index in [2.05, 4.69) is 4.98 Å². The first-order valence-electron chi connectivity index (χ1n) is 8.17. The monoisotopic (exact) mass is 370 g/mol. The van der Waals surface area contributed by atoms with Crippen LogP contribution < -0.4 is 5.56 Å². The number of rotatable bonds is 6. The molecule has 3 rings (SSSR count). The Hall–Kier alpha value is -2.80. The van der Waals surface area contributed by atoms with Gasteiger partial charge in [0.25, 0.3) is 5.56 Å². The zero-order valence-electron chi connectivity index (χ0n) is 14.5. The van der Waals surface area contributed by atoms with Crippen molar-refractivity contribution in [3.8, 4) is 0 Å². The molecule has 26 heavy (non-hydrogen) atoms. The highest BCUT2D eigenvalue weighted by molar-refractivity contribution is 7.14. The Labute approximate surface area is 154 Å². The maximum Gasteiger partial charge on any atom is 0.306 e. The van der Waals surface area contributed by atoms with Gasteiger partial charge in [-0.2, -0.15) is 0 Å². The summed E-state index contributed by atoms with van der Waals surface area (Å²) in [7, 11) is 0.